The van der Waals surface area contributed by atoms with Gasteiger partial charge in [-0.1, -0.05) is 13.8 Å². The molecule has 4 nitrogen and oxygen atoms in total. The normalized spacial score (nSPS) is 14.1. The van der Waals surface area contributed by atoms with Gasteiger partial charge in [0, 0.05) is 18.8 Å². The third-order valence-corrected chi connectivity index (χ3v) is 2.28. The highest BCUT2D eigenvalue weighted by Crippen LogP contribution is 2.17. The van der Waals surface area contributed by atoms with E-state index in [9.17, 15) is 14.4 Å². The minimum absolute atomic E-state index is 0.0262. The van der Waals surface area contributed by atoms with Crippen LogP contribution in [-0.4, -0.2) is 24.6 Å². The lowest BCUT2D eigenvalue weighted by Gasteiger charge is -2.16. The first-order valence-electron chi connectivity index (χ1n) is 5.20. The van der Waals surface area contributed by atoms with Gasteiger partial charge in [-0.2, -0.15) is 0 Å². The van der Waals surface area contributed by atoms with Crippen LogP contribution in [0.25, 0.3) is 0 Å². The Morgan fingerprint density at radius 1 is 1.33 bits per heavy atom. The molecule has 0 aliphatic rings. The highest BCUT2D eigenvalue weighted by Gasteiger charge is 2.27. The van der Waals surface area contributed by atoms with Crippen molar-refractivity contribution >= 4 is 18.0 Å². The first-order chi connectivity index (χ1) is 7.06. The summed E-state index contributed by atoms with van der Waals surface area (Å²) in [5, 5.41) is 0. The van der Waals surface area contributed by atoms with Gasteiger partial charge in [-0.15, -0.1) is 0 Å². The minimum atomic E-state index is -0.630. The van der Waals surface area contributed by atoms with Crippen LogP contribution in [0, 0.1) is 11.8 Å². The first kappa shape index (κ1) is 13.8. The number of hydrogen-bond donors (Lipinski definition) is 0. The molecule has 0 rings (SSSR count). The van der Waals surface area contributed by atoms with Crippen LogP contribution in [0.1, 0.15) is 33.6 Å². The standard InChI is InChI=1S/C11H18O4/c1-4-9(13)6-10(8(3)7-12)11(14)15-5-2/h7-8,10H,4-6H2,1-3H3/t8-,10-/m0/s1. The molecule has 0 aliphatic heterocycles. The van der Waals surface area contributed by atoms with E-state index >= 15 is 0 Å². The summed E-state index contributed by atoms with van der Waals surface area (Å²) in [7, 11) is 0. The summed E-state index contributed by atoms with van der Waals surface area (Å²) in [6.07, 6.45) is 1.15. The zero-order valence-corrected chi connectivity index (χ0v) is 9.49. The number of ether oxygens (including phenoxy) is 1. The van der Waals surface area contributed by atoms with Gasteiger partial charge < -0.3 is 9.53 Å². The van der Waals surface area contributed by atoms with Crippen LogP contribution in [0.4, 0.5) is 0 Å². The summed E-state index contributed by atoms with van der Waals surface area (Å²) in [5.74, 6) is -1.59. The average Bonchev–Trinajstić information content (AvgIpc) is 2.24. The second kappa shape index (κ2) is 7.15. The third-order valence-electron chi connectivity index (χ3n) is 2.28. The van der Waals surface area contributed by atoms with Crippen molar-refractivity contribution in [2.45, 2.75) is 33.6 Å². The number of ketones is 1. The number of carbonyl (C=O) groups is 3. The molecule has 0 aromatic heterocycles. The topological polar surface area (TPSA) is 60.4 Å². The lowest BCUT2D eigenvalue weighted by Crippen LogP contribution is -2.27. The van der Waals surface area contributed by atoms with Crippen molar-refractivity contribution in [3.05, 3.63) is 0 Å². The zero-order valence-electron chi connectivity index (χ0n) is 9.49. The number of rotatable bonds is 7. The highest BCUT2D eigenvalue weighted by molar-refractivity contribution is 5.86. The molecule has 15 heavy (non-hydrogen) atoms. The molecule has 0 heterocycles. The van der Waals surface area contributed by atoms with Crippen molar-refractivity contribution in [3.8, 4) is 0 Å². The lowest BCUT2D eigenvalue weighted by atomic mass is 9.90. The summed E-state index contributed by atoms with van der Waals surface area (Å²) in [4.78, 5) is 33.3. The Morgan fingerprint density at radius 2 is 1.93 bits per heavy atom. The van der Waals surface area contributed by atoms with Gasteiger partial charge in [0.1, 0.15) is 12.1 Å². The maximum atomic E-state index is 11.5. The van der Waals surface area contributed by atoms with Crippen LogP contribution in [-0.2, 0) is 19.1 Å². The second-order valence-corrected chi connectivity index (χ2v) is 3.45. The molecule has 0 bridgehead atoms. The molecule has 0 spiro atoms. The van der Waals surface area contributed by atoms with E-state index in [1.807, 2.05) is 0 Å². The molecule has 4 heteroatoms. The predicted octanol–water partition coefficient (Wildman–Crippen LogP) is 1.37. The van der Waals surface area contributed by atoms with Crippen molar-refractivity contribution in [1.29, 1.82) is 0 Å². The van der Waals surface area contributed by atoms with E-state index in [-0.39, 0.29) is 18.8 Å². The van der Waals surface area contributed by atoms with E-state index in [1.54, 1.807) is 20.8 Å². The van der Waals surface area contributed by atoms with Crippen molar-refractivity contribution < 1.29 is 19.1 Å². The van der Waals surface area contributed by atoms with E-state index in [1.165, 1.54) is 0 Å². The van der Waals surface area contributed by atoms with Gasteiger partial charge in [0.2, 0.25) is 0 Å². The fourth-order valence-corrected chi connectivity index (χ4v) is 1.22. The van der Waals surface area contributed by atoms with Crippen LogP contribution in [0.15, 0.2) is 0 Å². The molecular formula is C11H18O4. The molecule has 0 amide bonds. The monoisotopic (exact) mass is 214 g/mol. The average molecular weight is 214 g/mol. The Balaban J connectivity index is 4.50. The number of Topliss-reactive ketones (excluding diaryl/α,β-unsaturated/α-hetero) is 1. The quantitative estimate of drug-likeness (QED) is 0.474. The summed E-state index contributed by atoms with van der Waals surface area (Å²) < 4.78 is 4.82. The SMILES string of the molecule is CCOC(=O)[C@@H](CC(=O)CC)[C@@H](C)C=O. The van der Waals surface area contributed by atoms with Crippen LogP contribution in [0.3, 0.4) is 0 Å². The Labute approximate surface area is 90.0 Å². The number of hydrogen-bond acceptors (Lipinski definition) is 4. The summed E-state index contributed by atoms with van der Waals surface area (Å²) in [6.45, 7) is 5.32. The Kier molecular flexibility index (Phi) is 6.58. The Bertz CT molecular complexity index is 235. The van der Waals surface area contributed by atoms with Gasteiger partial charge in [-0.3, -0.25) is 9.59 Å². The van der Waals surface area contributed by atoms with Crippen LogP contribution < -0.4 is 0 Å². The van der Waals surface area contributed by atoms with Gasteiger partial charge in [-0.25, -0.2) is 0 Å². The van der Waals surface area contributed by atoms with Gasteiger partial charge in [0.25, 0.3) is 0 Å². The molecule has 0 fully saturated rings. The van der Waals surface area contributed by atoms with Crippen molar-refractivity contribution in [3.63, 3.8) is 0 Å². The highest BCUT2D eigenvalue weighted by atomic mass is 16.5. The van der Waals surface area contributed by atoms with Crippen molar-refractivity contribution in [2.24, 2.45) is 11.8 Å². The van der Waals surface area contributed by atoms with E-state index in [2.05, 4.69) is 0 Å². The molecule has 2 atom stereocenters. The molecule has 0 radical (unpaired) electrons. The molecule has 0 unspecified atom stereocenters. The molecule has 0 aliphatic carbocycles. The van der Waals surface area contributed by atoms with Crippen LogP contribution in [0.5, 0.6) is 0 Å². The minimum Gasteiger partial charge on any atom is -0.466 e. The van der Waals surface area contributed by atoms with E-state index in [0.717, 1.165) is 0 Å². The van der Waals surface area contributed by atoms with E-state index in [0.29, 0.717) is 12.7 Å². The smallest absolute Gasteiger partial charge is 0.310 e. The summed E-state index contributed by atoms with van der Waals surface area (Å²) in [6, 6.07) is 0. The second-order valence-electron chi connectivity index (χ2n) is 3.45. The van der Waals surface area contributed by atoms with Crippen LogP contribution in [0.2, 0.25) is 0 Å². The predicted molar refractivity (Wildman–Crippen MR) is 55.3 cm³/mol. The maximum absolute atomic E-state index is 11.5. The molecule has 0 aromatic carbocycles. The van der Waals surface area contributed by atoms with Gasteiger partial charge in [0.05, 0.1) is 12.5 Å². The lowest BCUT2D eigenvalue weighted by molar-refractivity contribution is -0.152. The summed E-state index contributed by atoms with van der Waals surface area (Å²) in [5.41, 5.74) is 0. The molecular weight excluding hydrogens is 196 g/mol. The third kappa shape index (κ3) is 4.72. The fourth-order valence-electron chi connectivity index (χ4n) is 1.22. The van der Waals surface area contributed by atoms with Gasteiger partial charge in [0.15, 0.2) is 0 Å². The van der Waals surface area contributed by atoms with E-state index < -0.39 is 17.8 Å². The molecule has 0 aromatic rings. The molecule has 0 saturated carbocycles. The molecule has 0 N–H and O–H groups in total. The number of carbonyl (C=O) groups excluding carboxylic acids is 3. The fraction of sp³-hybridized carbons (Fsp3) is 0.727. The van der Waals surface area contributed by atoms with Crippen molar-refractivity contribution in [1.82, 2.24) is 0 Å². The van der Waals surface area contributed by atoms with Gasteiger partial charge >= 0.3 is 5.97 Å². The Morgan fingerprint density at radius 3 is 2.33 bits per heavy atom. The van der Waals surface area contributed by atoms with Crippen LogP contribution >= 0.6 is 0 Å². The number of esters is 1. The Hall–Kier alpha value is -1.19. The number of aldehydes is 1. The maximum Gasteiger partial charge on any atom is 0.310 e. The van der Waals surface area contributed by atoms with E-state index in [4.69, 9.17) is 4.74 Å². The molecule has 86 valence electrons. The van der Waals surface area contributed by atoms with Crippen molar-refractivity contribution in [2.75, 3.05) is 6.61 Å². The zero-order chi connectivity index (χ0) is 11.8. The first-order valence-corrected chi connectivity index (χ1v) is 5.20. The molecule has 0 saturated heterocycles. The summed E-state index contributed by atoms with van der Waals surface area (Å²) >= 11 is 0. The van der Waals surface area contributed by atoms with Gasteiger partial charge in [-0.05, 0) is 6.92 Å². The largest absolute Gasteiger partial charge is 0.466 e.